The Labute approximate surface area is 121 Å². The van der Waals surface area contributed by atoms with E-state index in [0.717, 1.165) is 18.5 Å². The Morgan fingerprint density at radius 2 is 1.70 bits per heavy atom. The van der Waals surface area contributed by atoms with E-state index in [0.29, 0.717) is 12.0 Å². The molecule has 4 nitrogen and oxygen atoms in total. The molecule has 0 saturated carbocycles. The van der Waals surface area contributed by atoms with Gasteiger partial charge in [-0.1, -0.05) is 26.2 Å². The Morgan fingerprint density at radius 3 is 2.25 bits per heavy atom. The van der Waals surface area contributed by atoms with E-state index in [9.17, 15) is 9.59 Å². The number of benzene rings is 1. The first-order valence-corrected chi connectivity index (χ1v) is 7.16. The summed E-state index contributed by atoms with van der Waals surface area (Å²) in [6.45, 7) is 2.15. The number of rotatable bonds is 7. The van der Waals surface area contributed by atoms with Gasteiger partial charge in [0, 0.05) is 31.8 Å². The van der Waals surface area contributed by atoms with Gasteiger partial charge in [0.05, 0.1) is 0 Å². The van der Waals surface area contributed by atoms with Crippen LogP contribution in [-0.2, 0) is 4.79 Å². The Bertz CT molecular complexity index is 438. The number of carbonyl (C=O) groups is 2. The van der Waals surface area contributed by atoms with Crippen LogP contribution in [-0.4, -0.2) is 30.8 Å². The highest BCUT2D eigenvalue weighted by atomic mass is 16.2. The molecule has 0 bridgehead atoms. The third-order valence-corrected chi connectivity index (χ3v) is 3.08. The van der Waals surface area contributed by atoms with Crippen molar-refractivity contribution in [1.29, 1.82) is 0 Å². The monoisotopic (exact) mass is 276 g/mol. The lowest BCUT2D eigenvalue weighted by Gasteiger charge is -2.11. The van der Waals surface area contributed by atoms with E-state index in [-0.39, 0.29) is 11.8 Å². The number of hydrogen-bond acceptors (Lipinski definition) is 2. The molecule has 4 heteroatoms. The van der Waals surface area contributed by atoms with Crippen LogP contribution in [0.5, 0.6) is 0 Å². The van der Waals surface area contributed by atoms with Gasteiger partial charge in [-0.25, -0.2) is 0 Å². The summed E-state index contributed by atoms with van der Waals surface area (Å²) in [5.41, 5.74) is 1.36. The van der Waals surface area contributed by atoms with Crippen LogP contribution >= 0.6 is 0 Å². The molecule has 0 saturated heterocycles. The second-order valence-electron chi connectivity index (χ2n) is 5.14. The van der Waals surface area contributed by atoms with Crippen molar-refractivity contribution in [3.8, 4) is 0 Å². The van der Waals surface area contributed by atoms with Crippen LogP contribution in [0.1, 0.15) is 49.4 Å². The highest BCUT2D eigenvalue weighted by Crippen LogP contribution is 2.12. The van der Waals surface area contributed by atoms with Gasteiger partial charge in [-0.3, -0.25) is 9.59 Å². The average molecular weight is 276 g/mol. The zero-order valence-electron chi connectivity index (χ0n) is 12.6. The van der Waals surface area contributed by atoms with Crippen LogP contribution in [0, 0.1) is 0 Å². The maximum absolute atomic E-state index is 11.7. The fraction of sp³-hybridized carbons (Fsp3) is 0.500. The van der Waals surface area contributed by atoms with Crippen LogP contribution in [0.3, 0.4) is 0 Å². The minimum Gasteiger partial charge on any atom is -0.345 e. The third-order valence-electron chi connectivity index (χ3n) is 3.08. The summed E-state index contributed by atoms with van der Waals surface area (Å²) in [5, 5.41) is 2.85. The second kappa shape index (κ2) is 8.35. The Balaban J connectivity index is 2.45. The largest absolute Gasteiger partial charge is 0.345 e. The molecule has 20 heavy (non-hydrogen) atoms. The topological polar surface area (TPSA) is 49.4 Å². The number of carbonyl (C=O) groups excluding carboxylic acids is 2. The van der Waals surface area contributed by atoms with Crippen molar-refractivity contribution in [1.82, 2.24) is 4.90 Å². The van der Waals surface area contributed by atoms with Crippen molar-refractivity contribution in [2.75, 3.05) is 19.4 Å². The van der Waals surface area contributed by atoms with Gasteiger partial charge in [0.15, 0.2) is 0 Å². The van der Waals surface area contributed by atoms with Crippen LogP contribution in [0.25, 0.3) is 0 Å². The van der Waals surface area contributed by atoms with E-state index in [1.54, 1.807) is 38.4 Å². The molecule has 1 aromatic rings. The summed E-state index contributed by atoms with van der Waals surface area (Å²) in [7, 11) is 3.43. The summed E-state index contributed by atoms with van der Waals surface area (Å²) in [5.74, 6) is -0.00442. The molecule has 0 fully saturated rings. The van der Waals surface area contributed by atoms with E-state index in [1.165, 1.54) is 17.7 Å². The number of hydrogen-bond donors (Lipinski definition) is 1. The first-order valence-electron chi connectivity index (χ1n) is 7.16. The van der Waals surface area contributed by atoms with Gasteiger partial charge < -0.3 is 10.2 Å². The first kappa shape index (κ1) is 16.2. The van der Waals surface area contributed by atoms with Crippen LogP contribution in [0.2, 0.25) is 0 Å². The number of nitrogens with one attached hydrogen (secondary N) is 1. The predicted molar refractivity (Wildman–Crippen MR) is 81.8 cm³/mol. The van der Waals surface area contributed by atoms with Crippen molar-refractivity contribution < 1.29 is 9.59 Å². The van der Waals surface area contributed by atoms with E-state index in [2.05, 4.69) is 12.2 Å². The van der Waals surface area contributed by atoms with Gasteiger partial charge in [-0.05, 0) is 30.7 Å². The van der Waals surface area contributed by atoms with Crippen LogP contribution < -0.4 is 5.32 Å². The number of unbranched alkanes of at least 4 members (excludes halogenated alkanes) is 3. The SMILES string of the molecule is CCCCCCC(=O)Nc1ccc(C(=O)N(C)C)cc1. The number of nitrogens with zero attached hydrogens (tertiary/aromatic N) is 1. The Hall–Kier alpha value is -1.84. The van der Waals surface area contributed by atoms with Gasteiger partial charge in [-0.2, -0.15) is 0 Å². The molecule has 0 aliphatic carbocycles. The van der Waals surface area contributed by atoms with Gasteiger partial charge in [0.1, 0.15) is 0 Å². The molecule has 1 N–H and O–H groups in total. The lowest BCUT2D eigenvalue weighted by Crippen LogP contribution is -2.21. The van der Waals surface area contributed by atoms with Gasteiger partial charge in [-0.15, -0.1) is 0 Å². The Kier molecular flexibility index (Phi) is 6.77. The highest BCUT2D eigenvalue weighted by Gasteiger charge is 2.08. The lowest BCUT2D eigenvalue weighted by atomic mass is 10.1. The molecule has 0 spiro atoms. The molecular weight excluding hydrogens is 252 g/mol. The third kappa shape index (κ3) is 5.43. The lowest BCUT2D eigenvalue weighted by molar-refractivity contribution is -0.116. The zero-order chi connectivity index (χ0) is 15.0. The van der Waals surface area contributed by atoms with E-state index in [1.807, 2.05) is 0 Å². The smallest absolute Gasteiger partial charge is 0.253 e. The van der Waals surface area contributed by atoms with Gasteiger partial charge in [0.25, 0.3) is 5.91 Å². The van der Waals surface area contributed by atoms with Crippen molar-refractivity contribution in [2.24, 2.45) is 0 Å². The molecule has 1 rings (SSSR count). The predicted octanol–water partition coefficient (Wildman–Crippen LogP) is 3.30. The molecule has 0 aliphatic heterocycles. The summed E-state index contributed by atoms with van der Waals surface area (Å²) < 4.78 is 0. The van der Waals surface area contributed by atoms with Gasteiger partial charge in [0.2, 0.25) is 5.91 Å². The first-order chi connectivity index (χ1) is 9.54. The normalized spacial score (nSPS) is 10.2. The zero-order valence-corrected chi connectivity index (χ0v) is 12.6. The molecule has 110 valence electrons. The summed E-state index contributed by atoms with van der Waals surface area (Å²) in [4.78, 5) is 25.0. The molecule has 0 atom stereocenters. The standard InChI is InChI=1S/C16H24N2O2/c1-4-5-6-7-8-15(19)17-14-11-9-13(10-12-14)16(20)18(2)3/h9-12H,4-8H2,1-3H3,(H,17,19). The van der Waals surface area contributed by atoms with E-state index < -0.39 is 0 Å². The average Bonchev–Trinajstić information content (AvgIpc) is 2.43. The maximum atomic E-state index is 11.7. The van der Waals surface area contributed by atoms with Crippen LogP contribution in [0.4, 0.5) is 5.69 Å². The van der Waals surface area contributed by atoms with Crippen molar-refractivity contribution in [3.63, 3.8) is 0 Å². The summed E-state index contributed by atoms with van der Waals surface area (Å²) in [6.07, 6.45) is 4.92. The quantitative estimate of drug-likeness (QED) is 0.777. The van der Waals surface area contributed by atoms with Crippen molar-refractivity contribution in [2.45, 2.75) is 39.0 Å². The van der Waals surface area contributed by atoms with E-state index in [4.69, 9.17) is 0 Å². The Morgan fingerprint density at radius 1 is 1.05 bits per heavy atom. The minimum atomic E-state index is -0.0394. The van der Waals surface area contributed by atoms with Crippen molar-refractivity contribution >= 4 is 17.5 Å². The molecule has 2 amide bonds. The fourth-order valence-electron chi connectivity index (χ4n) is 1.89. The number of amides is 2. The molecule has 0 aliphatic rings. The molecule has 0 unspecified atom stereocenters. The molecule has 0 radical (unpaired) electrons. The minimum absolute atomic E-state index is 0.0350. The molecule has 0 aromatic heterocycles. The molecular formula is C16H24N2O2. The van der Waals surface area contributed by atoms with E-state index >= 15 is 0 Å². The fourth-order valence-corrected chi connectivity index (χ4v) is 1.89. The molecule has 1 aromatic carbocycles. The second-order valence-corrected chi connectivity index (χ2v) is 5.14. The van der Waals surface area contributed by atoms with Crippen molar-refractivity contribution in [3.05, 3.63) is 29.8 Å². The van der Waals surface area contributed by atoms with Gasteiger partial charge >= 0.3 is 0 Å². The van der Waals surface area contributed by atoms with Crippen LogP contribution in [0.15, 0.2) is 24.3 Å². The molecule has 0 heterocycles. The maximum Gasteiger partial charge on any atom is 0.253 e. The summed E-state index contributed by atoms with van der Waals surface area (Å²) in [6, 6.07) is 6.99. The highest BCUT2D eigenvalue weighted by molar-refractivity contribution is 5.95. The summed E-state index contributed by atoms with van der Waals surface area (Å²) >= 11 is 0. The number of anilines is 1.